The average Bonchev–Trinajstić information content (AvgIpc) is 3.40. The molecule has 1 saturated heterocycles. The van der Waals surface area contributed by atoms with E-state index < -0.39 is 0 Å². The van der Waals surface area contributed by atoms with Crippen molar-refractivity contribution in [3.05, 3.63) is 46.9 Å². The molecule has 164 valence electrons. The maximum atomic E-state index is 12.6. The molecule has 0 atom stereocenters. The number of nitrogens with zero attached hydrogens (tertiary/aromatic N) is 5. The van der Waals surface area contributed by atoms with Crippen molar-refractivity contribution in [2.24, 2.45) is 5.92 Å². The van der Waals surface area contributed by atoms with Gasteiger partial charge in [0.2, 0.25) is 5.91 Å². The Balaban J connectivity index is 1.27. The summed E-state index contributed by atoms with van der Waals surface area (Å²) in [6.07, 6.45) is 6.41. The molecule has 0 unspecified atom stereocenters. The summed E-state index contributed by atoms with van der Waals surface area (Å²) in [5, 5.41) is 0. The summed E-state index contributed by atoms with van der Waals surface area (Å²) in [7, 11) is 2.11. The number of anilines is 2. The number of hydrogen-bond acceptors (Lipinski definition) is 5. The minimum absolute atomic E-state index is 0.217. The van der Waals surface area contributed by atoms with Gasteiger partial charge in [-0.25, -0.2) is 9.97 Å². The Labute approximate surface area is 185 Å². The zero-order chi connectivity index (χ0) is 21.4. The number of benzene rings is 1. The number of rotatable bonds is 7. The highest BCUT2D eigenvalue weighted by Crippen LogP contribution is 2.35. The molecule has 0 radical (unpaired) electrons. The van der Waals surface area contributed by atoms with E-state index in [-0.39, 0.29) is 5.91 Å². The Morgan fingerprint density at radius 3 is 2.48 bits per heavy atom. The molecule has 1 aromatic carbocycles. The van der Waals surface area contributed by atoms with E-state index in [1.807, 2.05) is 4.90 Å². The second-order valence-electron chi connectivity index (χ2n) is 9.51. The number of carbonyl (C=O) groups excluding carboxylic acids is 1. The van der Waals surface area contributed by atoms with E-state index >= 15 is 0 Å². The number of aryl methyl sites for hydroxylation is 1. The highest BCUT2D eigenvalue weighted by Gasteiger charge is 2.33. The standard InChI is InChI=1S/C25H33N5O/c1-18-22-11-12-24(31)30(16-20-5-6-20)25(22)27-23(26-18)17-28(2)15-19-7-9-21(10-8-19)29-13-3-4-14-29/h7-10,20H,3-6,11-17H2,1-2H3. The van der Waals surface area contributed by atoms with E-state index in [2.05, 4.69) is 48.0 Å². The van der Waals surface area contributed by atoms with Gasteiger partial charge in [0.25, 0.3) is 0 Å². The topological polar surface area (TPSA) is 52.6 Å². The van der Waals surface area contributed by atoms with Gasteiger partial charge in [0.05, 0.1) is 6.54 Å². The van der Waals surface area contributed by atoms with Gasteiger partial charge in [-0.05, 0) is 69.7 Å². The van der Waals surface area contributed by atoms with Crippen LogP contribution in [0.3, 0.4) is 0 Å². The zero-order valence-corrected chi connectivity index (χ0v) is 18.8. The lowest BCUT2D eigenvalue weighted by atomic mass is 10.0. The molecule has 6 heteroatoms. The molecule has 1 aliphatic carbocycles. The molecule has 0 N–H and O–H groups in total. The monoisotopic (exact) mass is 419 g/mol. The first-order valence-electron chi connectivity index (χ1n) is 11.8. The minimum atomic E-state index is 0.217. The van der Waals surface area contributed by atoms with Crippen molar-refractivity contribution in [1.82, 2.24) is 14.9 Å². The molecule has 1 saturated carbocycles. The van der Waals surface area contributed by atoms with E-state index in [0.717, 1.165) is 42.4 Å². The van der Waals surface area contributed by atoms with Gasteiger partial charge in [0, 0.05) is 49.5 Å². The number of fused-ring (bicyclic) bond motifs is 1. The number of carbonyl (C=O) groups is 1. The Morgan fingerprint density at radius 2 is 1.77 bits per heavy atom. The van der Waals surface area contributed by atoms with Crippen LogP contribution in [0.4, 0.5) is 11.5 Å². The molecule has 2 aliphatic heterocycles. The van der Waals surface area contributed by atoms with Crippen LogP contribution in [-0.4, -0.2) is 47.5 Å². The Hall–Kier alpha value is -2.47. The first kappa shape index (κ1) is 20.4. The molecular weight excluding hydrogens is 386 g/mol. The van der Waals surface area contributed by atoms with E-state index in [0.29, 0.717) is 18.9 Å². The predicted molar refractivity (Wildman–Crippen MR) is 123 cm³/mol. The molecule has 3 aliphatic rings. The van der Waals surface area contributed by atoms with Crippen LogP contribution in [0.25, 0.3) is 0 Å². The van der Waals surface area contributed by atoms with Crippen molar-refractivity contribution >= 4 is 17.4 Å². The van der Waals surface area contributed by atoms with E-state index in [1.54, 1.807) is 0 Å². The van der Waals surface area contributed by atoms with Gasteiger partial charge in [-0.2, -0.15) is 0 Å². The quantitative estimate of drug-likeness (QED) is 0.685. The second-order valence-corrected chi connectivity index (χ2v) is 9.51. The van der Waals surface area contributed by atoms with Crippen LogP contribution in [0.5, 0.6) is 0 Å². The zero-order valence-electron chi connectivity index (χ0n) is 18.8. The molecule has 3 heterocycles. The van der Waals surface area contributed by atoms with Crippen LogP contribution >= 0.6 is 0 Å². The van der Waals surface area contributed by atoms with E-state index in [9.17, 15) is 4.79 Å². The summed E-state index contributed by atoms with van der Waals surface area (Å²) in [6, 6.07) is 8.96. The van der Waals surface area contributed by atoms with Crippen LogP contribution in [0.1, 0.15) is 54.7 Å². The first-order valence-corrected chi connectivity index (χ1v) is 11.8. The molecule has 2 fully saturated rings. The number of hydrogen-bond donors (Lipinski definition) is 0. The van der Waals surface area contributed by atoms with Gasteiger partial charge >= 0.3 is 0 Å². The maximum absolute atomic E-state index is 12.6. The first-order chi connectivity index (χ1) is 15.1. The van der Waals surface area contributed by atoms with Crippen molar-refractivity contribution in [3.63, 3.8) is 0 Å². The highest BCUT2D eigenvalue weighted by molar-refractivity contribution is 5.95. The molecule has 0 bridgehead atoms. The van der Waals surface area contributed by atoms with Crippen molar-refractivity contribution in [2.75, 3.05) is 36.5 Å². The normalized spacial score (nSPS) is 18.7. The van der Waals surface area contributed by atoms with Crippen molar-refractivity contribution in [2.45, 2.75) is 58.5 Å². The minimum Gasteiger partial charge on any atom is -0.372 e. The fourth-order valence-electron chi connectivity index (χ4n) is 4.85. The van der Waals surface area contributed by atoms with Crippen molar-refractivity contribution in [3.8, 4) is 0 Å². The summed E-state index contributed by atoms with van der Waals surface area (Å²) in [6.45, 7) is 6.76. The SMILES string of the molecule is Cc1nc(CN(C)Cc2ccc(N3CCCC3)cc2)nc2c1CCC(=O)N2CC1CC1. The predicted octanol–water partition coefficient (Wildman–Crippen LogP) is 3.71. The van der Waals surface area contributed by atoms with Crippen LogP contribution < -0.4 is 9.80 Å². The number of aromatic nitrogens is 2. The Kier molecular flexibility index (Phi) is 5.65. The lowest BCUT2D eigenvalue weighted by Crippen LogP contribution is -2.38. The molecule has 1 aromatic heterocycles. The molecule has 1 amide bonds. The second kappa shape index (κ2) is 8.58. The van der Waals surface area contributed by atoms with Gasteiger partial charge in [0.15, 0.2) is 0 Å². The maximum Gasteiger partial charge on any atom is 0.228 e. The fourth-order valence-corrected chi connectivity index (χ4v) is 4.85. The van der Waals surface area contributed by atoms with Gasteiger partial charge in [-0.1, -0.05) is 12.1 Å². The van der Waals surface area contributed by atoms with Gasteiger partial charge < -0.3 is 4.90 Å². The van der Waals surface area contributed by atoms with Gasteiger partial charge in [-0.15, -0.1) is 0 Å². The van der Waals surface area contributed by atoms with E-state index in [4.69, 9.17) is 9.97 Å². The number of amides is 1. The Morgan fingerprint density at radius 1 is 1.03 bits per heavy atom. The van der Waals surface area contributed by atoms with Crippen LogP contribution in [0.15, 0.2) is 24.3 Å². The summed E-state index contributed by atoms with van der Waals surface area (Å²) in [5.41, 5.74) is 4.81. The van der Waals surface area contributed by atoms with Gasteiger partial charge in [-0.3, -0.25) is 14.6 Å². The average molecular weight is 420 g/mol. The smallest absolute Gasteiger partial charge is 0.228 e. The molecule has 31 heavy (non-hydrogen) atoms. The fraction of sp³-hybridized carbons (Fsp3) is 0.560. The Bertz CT molecular complexity index is 947. The summed E-state index contributed by atoms with van der Waals surface area (Å²) >= 11 is 0. The molecule has 5 rings (SSSR count). The third-order valence-electron chi connectivity index (χ3n) is 6.79. The van der Waals surface area contributed by atoms with Crippen LogP contribution in [0, 0.1) is 12.8 Å². The van der Waals surface area contributed by atoms with Gasteiger partial charge in [0.1, 0.15) is 11.6 Å². The third kappa shape index (κ3) is 4.59. The molecule has 2 aromatic rings. The molecule has 0 spiro atoms. The van der Waals surface area contributed by atoms with Crippen LogP contribution in [0.2, 0.25) is 0 Å². The summed E-state index contributed by atoms with van der Waals surface area (Å²) < 4.78 is 0. The lowest BCUT2D eigenvalue weighted by molar-refractivity contribution is -0.119. The molecular formula is C25H33N5O. The summed E-state index contributed by atoms with van der Waals surface area (Å²) in [4.78, 5) is 28.9. The van der Waals surface area contributed by atoms with E-state index in [1.165, 1.54) is 50.0 Å². The summed E-state index contributed by atoms with van der Waals surface area (Å²) in [5.74, 6) is 2.55. The van der Waals surface area contributed by atoms with Crippen molar-refractivity contribution in [1.29, 1.82) is 0 Å². The molecule has 6 nitrogen and oxygen atoms in total. The lowest BCUT2D eigenvalue weighted by Gasteiger charge is -2.29. The van der Waals surface area contributed by atoms with Crippen LogP contribution in [-0.2, 0) is 24.3 Å². The largest absolute Gasteiger partial charge is 0.372 e. The third-order valence-corrected chi connectivity index (χ3v) is 6.79. The highest BCUT2D eigenvalue weighted by atomic mass is 16.2. The van der Waals surface area contributed by atoms with Crippen molar-refractivity contribution < 1.29 is 4.79 Å².